The molecule has 0 spiro atoms. The first-order valence-corrected chi connectivity index (χ1v) is 9.08. The molecule has 148 valence electrons. The number of fused-ring (bicyclic) bond motifs is 1. The number of rotatable bonds is 4. The lowest BCUT2D eigenvalue weighted by Gasteiger charge is -2.31. The molecule has 2 aromatic rings. The molecule has 0 aliphatic rings. The summed E-state index contributed by atoms with van der Waals surface area (Å²) in [5.41, 5.74) is -1.56. The average Bonchev–Trinajstić information content (AvgIpc) is 2.82. The Morgan fingerprint density at radius 3 is 2.48 bits per heavy atom. The summed E-state index contributed by atoms with van der Waals surface area (Å²) in [6.07, 6.45) is -0.687. The van der Waals surface area contributed by atoms with Crippen molar-refractivity contribution in [2.75, 3.05) is 11.4 Å². The molecule has 11 heteroatoms. The molecular weight excluding hydrogens is 444 g/mol. The fourth-order valence-electron chi connectivity index (χ4n) is 2.24. The molecule has 2 rings (SSSR count). The number of anilines is 1. The van der Waals surface area contributed by atoms with E-state index in [0.29, 0.717) is 10.1 Å². The number of hydrogen-bond donors (Lipinski definition) is 1. The second-order valence-electron chi connectivity index (χ2n) is 7.36. The van der Waals surface area contributed by atoms with E-state index in [4.69, 9.17) is 21.1 Å². The molecule has 0 aliphatic heterocycles. The predicted molar refractivity (Wildman–Crippen MR) is 102 cm³/mol. The van der Waals surface area contributed by atoms with Gasteiger partial charge in [-0.1, -0.05) is 11.6 Å². The predicted octanol–water partition coefficient (Wildman–Crippen LogP) is 4.36. The lowest BCUT2D eigenvalue weighted by Crippen LogP contribution is -2.46. The number of carboxylic acid groups (broad SMARTS) is 1. The van der Waals surface area contributed by atoms with Crippen LogP contribution in [-0.4, -0.2) is 49.7 Å². The number of hydrogen-bond acceptors (Lipinski definition) is 6. The highest BCUT2D eigenvalue weighted by Crippen LogP contribution is 2.27. The smallest absolute Gasteiger partial charge is 0.465 e. The van der Waals surface area contributed by atoms with Crippen LogP contribution in [0.15, 0.2) is 16.7 Å². The normalized spacial score (nSPS) is 12.1. The summed E-state index contributed by atoms with van der Waals surface area (Å²) < 4.78 is 12.3. The zero-order valence-electron chi connectivity index (χ0n) is 15.5. The quantitative estimate of drug-likeness (QED) is 0.530. The first-order valence-electron chi connectivity index (χ1n) is 7.91. The van der Waals surface area contributed by atoms with E-state index >= 15 is 0 Å². The summed E-state index contributed by atoms with van der Waals surface area (Å²) in [6, 6.07) is 1.37. The summed E-state index contributed by atoms with van der Waals surface area (Å²) in [5, 5.41) is 13.9. The van der Waals surface area contributed by atoms with Crippen molar-refractivity contribution in [3.63, 3.8) is 0 Å². The van der Waals surface area contributed by atoms with Crippen molar-refractivity contribution >= 4 is 51.2 Å². The molecule has 2 heterocycles. The van der Waals surface area contributed by atoms with Gasteiger partial charge in [0.1, 0.15) is 22.2 Å². The molecule has 0 bridgehead atoms. The summed E-state index contributed by atoms with van der Waals surface area (Å²) >= 11 is 9.32. The minimum atomic E-state index is -1.27. The third-order valence-electron chi connectivity index (χ3n) is 3.17. The molecule has 27 heavy (non-hydrogen) atoms. The van der Waals surface area contributed by atoms with Crippen molar-refractivity contribution in [3.05, 3.63) is 21.9 Å². The monoisotopic (exact) mass is 462 g/mol. The van der Waals surface area contributed by atoms with Crippen LogP contribution in [0.5, 0.6) is 0 Å². The molecule has 1 N–H and O–H groups in total. The lowest BCUT2D eigenvalue weighted by atomic mass is 10.1. The van der Waals surface area contributed by atoms with Crippen LogP contribution in [-0.2, 0) is 9.47 Å². The molecule has 9 nitrogen and oxygen atoms in total. The molecule has 0 atom stereocenters. The molecule has 0 radical (unpaired) electrons. The van der Waals surface area contributed by atoms with E-state index < -0.39 is 23.5 Å². The third-order valence-corrected chi connectivity index (χ3v) is 3.93. The number of halogens is 2. The van der Waals surface area contributed by atoms with Gasteiger partial charge in [-0.3, -0.25) is 4.90 Å². The Kier molecular flexibility index (Phi) is 5.91. The second-order valence-corrected chi connectivity index (χ2v) is 8.60. The molecule has 0 fully saturated rings. The largest absolute Gasteiger partial charge is 0.509 e. The fraction of sp³-hybridized carbons (Fsp3) is 0.500. The van der Waals surface area contributed by atoms with Crippen molar-refractivity contribution in [1.82, 2.24) is 14.6 Å². The molecule has 0 unspecified atom stereocenters. The summed E-state index contributed by atoms with van der Waals surface area (Å²) in [5.74, 6) is 0.157. The summed E-state index contributed by atoms with van der Waals surface area (Å²) in [7, 11) is 0. The Bertz CT molecular complexity index is 878. The number of amides is 1. The van der Waals surface area contributed by atoms with Crippen molar-refractivity contribution in [1.29, 1.82) is 0 Å². The number of aromatic nitrogens is 3. The number of carbonyl (C=O) groups is 2. The fourth-order valence-corrected chi connectivity index (χ4v) is 2.77. The van der Waals surface area contributed by atoms with Gasteiger partial charge in [-0.2, -0.15) is 9.61 Å². The van der Waals surface area contributed by atoms with Gasteiger partial charge in [0.05, 0.1) is 17.2 Å². The maximum atomic E-state index is 12.0. The van der Waals surface area contributed by atoms with Gasteiger partial charge in [-0.05, 0) is 50.5 Å². The maximum absolute atomic E-state index is 12.0. The highest BCUT2D eigenvalue weighted by molar-refractivity contribution is 9.10. The Hall–Kier alpha value is -2.07. The van der Waals surface area contributed by atoms with Gasteiger partial charge in [0.2, 0.25) is 0 Å². The Morgan fingerprint density at radius 2 is 1.93 bits per heavy atom. The van der Waals surface area contributed by atoms with Crippen LogP contribution < -0.4 is 4.90 Å². The summed E-state index contributed by atoms with van der Waals surface area (Å²) in [4.78, 5) is 29.0. The molecule has 0 aromatic carbocycles. The molecular formula is C16H20BrClN4O5. The van der Waals surface area contributed by atoms with Gasteiger partial charge in [0.25, 0.3) is 0 Å². The van der Waals surface area contributed by atoms with Crippen LogP contribution >= 0.6 is 27.5 Å². The highest BCUT2D eigenvalue weighted by atomic mass is 79.9. The van der Waals surface area contributed by atoms with E-state index in [-0.39, 0.29) is 17.5 Å². The summed E-state index contributed by atoms with van der Waals surface area (Å²) in [6.45, 7) is 8.08. The highest BCUT2D eigenvalue weighted by Gasteiger charge is 2.33. The Labute approximate surface area is 169 Å². The van der Waals surface area contributed by atoms with Gasteiger partial charge < -0.3 is 14.6 Å². The van der Waals surface area contributed by atoms with E-state index in [9.17, 15) is 14.7 Å². The minimum Gasteiger partial charge on any atom is -0.465 e. The first kappa shape index (κ1) is 21.2. The zero-order chi connectivity index (χ0) is 20.6. The average molecular weight is 464 g/mol. The number of carbonyl (C=O) groups excluding carboxylic acids is 1. The van der Waals surface area contributed by atoms with Gasteiger partial charge in [-0.15, -0.1) is 0 Å². The van der Waals surface area contributed by atoms with Crippen molar-refractivity contribution in [2.24, 2.45) is 0 Å². The third kappa shape index (κ3) is 5.46. The van der Waals surface area contributed by atoms with Crippen molar-refractivity contribution in [3.8, 4) is 0 Å². The van der Waals surface area contributed by atoms with E-state index in [0.717, 1.165) is 4.90 Å². The van der Waals surface area contributed by atoms with E-state index in [1.807, 2.05) is 0 Å². The van der Waals surface area contributed by atoms with Crippen LogP contribution in [0.1, 0.15) is 34.6 Å². The first-order chi connectivity index (χ1) is 12.3. The Balaban J connectivity index is 2.33. The Morgan fingerprint density at radius 1 is 1.30 bits per heavy atom. The number of nitrogens with zero attached hydrogens (tertiary/aromatic N) is 4. The lowest BCUT2D eigenvalue weighted by molar-refractivity contribution is -0.0502. The van der Waals surface area contributed by atoms with Gasteiger partial charge in [-0.25, -0.2) is 14.6 Å². The van der Waals surface area contributed by atoms with E-state index in [1.165, 1.54) is 16.8 Å². The molecule has 1 amide bonds. The van der Waals surface area contributed by atoms with E-state index in [2.05, 4.69) is 26.0 Å². The standard InChI is InChI=1S/C16H20BrClN4O5/c1-15(2,3)26-14(25)27-16(4,5)8-21(13(23)24)11-6-10(18)20-12-9(17)7-19-22(11)12/h6-7H,8H2,1-5H3,(H,23,24). The van der Waals surface area contributed by atoms with Crippen LogP contribution in [0.4, 0.5) is 15.4 Å². The van der Waals surface area contributed by atoms with E-state index in [1.54, 1.807) is 34.6 Å². The molecule has 2 aromatic heterocycles. The van der Waals surface area contributed by atoms with Crippen LogP contribution in [0.2, 0.25) is 5.15 Å². The number of ether oxygens (including phenoxy) is 2. The molecule has 0 saturated carbocycles. The second kappa shape index (κ2) is 7.51. The minimum absolute atomic E-state index is 0.0933. The molecule has 0 saturated heterocycles. The SMILES string of the molecule is CC(C)(C)OC(=O)OC(C)(C)CN(C(=O)O)c1cc(Cl)nc2c(Br)cnn12. The van der Waals surface area contributed by atoms with Crippen molar-refractivity contribution in [2.45, 2.75) is 45.8 Å². The van der Waals surface area contributed by atoms with Gasteiger partial charge >= 0.3 is 12.2 Å². The van der Waals surface area contributed by atoms with Gasteiger partial charge in [0.15, 0.2) is 5.65 Å². The van der Waals surface area contributed by atoms with Crippen molar-refractivity contribution < 1.29 is 24.2 Å². The van der Waals surface area contributed by atoms with Crippen LogP contribution in [0, 0.1) is 0 Å². The van der Waals surface area contributed by atoms with Crippen LogP contribution in [0.3, 0.4) is 0 Å². The maximum Gasteiger partial charge on any atom is 0.509 e. The van der Waals surface area contributed by atoms with Gasteiger partial charge in [0, 0.05) is 6.07 Å². The topological polar surface area (TPSA) is 106 Å². The molecule has 0 aliphatic carbocycles. The van der Waals surface area contributed by atoms with Crippen LogP contribution in [0.25, 0.3) is 5.65 Å². The zero-order valence-corrected chi connectivity index (χ0v) is 17.8.